The molecule has 0 saturated carbocycles. The molecule has 1 aliphatic heterocycles. The molecule has 0 spiro atoms. The molecule has 14 heavy (non-hydrogen) atoms. The molecule has 0 bridgehead atoms. The van der Waals surface area contributed by atoms with Crippen LogP contribution in [-0.2, 0) is 0 Å². The lowest BCUT2D eigenvalue weighted by molar-refractivity contribution is 0.600. The maximum Gasteiger partial charge on any atom is 0.129 e. The maximum atomic E-state index is 13.4. The second-order valence-electron chi connectivity index (χ2n) is 4.12. The number of hydrogen-bond donors (Lipinski definition) is 1. The SMILES string of the molecule is Cc1cc([C@H]2CCCN2)cc(C)c1F. The monoisotopic (exact) mass is 193 g/mol. The van der Waals surface area contributed by atoms with E-state index in [0.29, 0.717) is 6.04 Å². The first-order valence-corrected chi connectivity index (χ1v) is 5.18. The summed E-state index contributed by atoms with van der Waals surface area (Å²) in [6.07, 6.45) is 2.39. The standard InChI is InChI=1S/C12H16FN/c1-8-6-10(7-9(2)12(8)13)11-4-3-5-14-11/h6-7,11,14H,3-5H2,1-2H3/t11-/m1/s1. The van der Waals surface area contributed by atoms with Crippen molar-refractivity contribution >= 4 is 0 Å². The highest BCUT2D eigenvalue weighted by molar-refractivity contribution is 5.32. The van der Waals surface area contributed by atoms with Crippen LogP contribution < -0.4 is 5.32 Å². The molecule has 1 aromatic carbocycles. The Morgan fingerprint density at radius 3 is 2.43 bits per heavy atom. The number of rotatable bonds is 1. The molecular weight excluding hydrogens is 177 g/mol. The van der Waals surface area contributed by atoms with Gasteiger partial charge in [-0.3, -0.25) is 0 Å². The minimum absolute atomic E-state index is 0.0632. The first kappa shape index (κ1) is 9.66. The second-order valence-corrected chi connectivity index (χ2v) is 4.12. The van der Waals surface area contributed by atoms with Gasteiger partial charge in [-0.2, -0.15) is 0 Å². The van der Waals surface area contributed by atoms with Crippen LogP contribution in [0.1, 0.15) is 35.6 Å². The van der Waals surface area contributed by atoms with E-state index in [1.807, 2.05) is 26.0 Å². The molecule has 1 saturated heterocycles. The molecule has 0 radical (unpaired) electrons. The Kier molecular flexibility index (Phi) is 2.55. The zero-order chi connectivity index (χ0) is 10.1. The van der Waals surface area contributed by atoms with Crippen LogP contribution in [0.25, 0.3) is 0 Å². The van der Waals surface area contributed by atoms with Crippen molar-refractivity contribution in [2.24, 2.45) is 0 Å². The summed E-state index contributed by atoms with van der Waals surface area (Å²) in [6.45, 7) is 4.75. The van der Waals surface area contributed by atoms with Gasteiger partial charge in [-0.05, 0) is 49.9 Å². The van der Waals surface area contributed by atoms with Crippen molar-refractivity contribution in [3.8, 4) is 0 Å². The van der Waals surface area contributed by atoms with Gasteiger partial charge < -0.3 is 5.32 Å². The highest BCUT2D eigenvalue weighted by atomic mass is 19.1. The highest BCUT2D eigenvalue weighted by Crippen LogP contribution is 2.26. The van der Waals surface area contributed by atoms with Crippen molar-refractivity contribution in [2.45, 2.75) is 32.7 Å². The minimum Gasteiger partial charge on any atom is -0.310 e. The van der Waals surface area contributed by atoms with Gasteiger partial charge in [0.05, 0.1) is 0 Å². The van der Waals surface area contributed by atoms with Gasteiger partial charge in [-0.15, -0.1) is 0 Å². The van der Waals surface area contributed by atoms with Gasteiger partial charge >= 0.3 is 0 Å². The Balaban J connectivity index is 2.34. The quantitative estimate of drug-likeness (QED) is 0.723. The second kappa shape index (κ2) is 3.70. The lowest BCUT2D eigenvalue weighted by Gasteiger charge is -2.13. The Morgan fingerprint density at radius 2 is 1.93 bits per heavy atom. The van der Waals surface area contributed by atoms with E-state index in [4.69, 9.17) is 0 Å². The summed E-state index contributed by atoms with van der Waals surface area (Å²) in [5, 5.41) is 3.42. The molecule has 1 aromatic rings. The maximum absolute atomic E-state index is 13.4. The van der Waals surface area contributed by atoms with Gasteiger partial charge in [0.25, 0.3) is 0 Å². The Bertz CT molecular complexity index is 317. The van der Waals surface area contributed by atoms with Crippen molar-refractivity contribution in [3.63, 3.8) is 0 Å². The van der Waals surface area contributed by atoms with E-state index in [0.717, 1.165) is 17.7 Å². The number of halogens is 1. The number of hydrogen-bond acceptors (Lipinski definition) is 1. The van der Waals surface area contributed by atoms with Crippen molar-refractivity contribution < 1.29 is 4.39 Å². The predicted octanol–water partition coefficient (Wildman–Crippen LogP) is 2.87. The summed E-state index contributed by atoms with van der Waals surface area (Å²) >= 11 is 0. The lowest BCUT2D eigenvalue weighted by Crippen LogP contribution is -2.13. The van der Waals surface area contributed by atoms with Gasteiger partial charge in [0.15, 0.2) is 0 Å². The molecule has 0 unspecified atom stereocenters. The molecule has 1 nitrogen and oxygen atoms in total. The van der Waals surface area contributed by atoms with Crippen LogP contribution in [0.3, 0.4) is 0 Å². The van der Waals surface area contributed by atoms with Gasteiger partial charge in [0.2, 0.25) is 0 Å². The van der Waals surface area contributed by atoms with E-state index in [1.54, 1.807) is 0 Å². The average Bonchev–Trinajstić information content (AvgIpc) is 2.66. The Morgan fingerprint density at radius 1 is 1.29 bits per heavy atom. The third-order valence-electron chi connectivity index (χ3n) is 2.92. The van der Waals surface area contributed by atoms with Crippen molar-refractivity contribution in [1.82, 2.24) is 5.32 Å². The molecule has 1 aliphatic rings. The van der Waals surface area contributed by atoms with E-state index >= 15 is 0 Å². The molecular formula is C12H16FN. The molecule has 2 rings (SSSR count). The van der Waals surface area contributed by atoms with Crippen LogP contribution >= 0.6 is 0 Å². The van der Waals surface area contributed by atoms with E-state index in [1.165, 1.54) is 18.4 Å². The summed E-state index contributed by atoms with van der Waals surface area (Å²) in [7, 11) is 0. The van der Waals surface area contributed by atoms with Crippen molar-refractivity contribution in [1.29, 1.82) is 0 Å². The molecule has 2 heteroatoms. The van der Waals surface area contributed by atoms with Crippen LogP contribution in [-0.4, -0.2) is 6.54 Å². The Hall–Kier alpha value is -0.890. The molecule has 0 aromatic heterocycles. The van der Waals surface area contributed by atoms with E-state index in [2.05, 4.69) is 5.32 Å². The smallest absolute Gasteiger partial charge is 0.129 e. The van der Waals surface area contributed by atoms with E-state index in [9.17, 15) is 4.39 Å². The third-order valence-corrected chi connectivity index (χ3v) is 2.92. The van der Waals surface area contributed by atoms with E-state index in [-0.39, 0.29) is 5.82 Å². The third kappa shape index (κ3) is 1.67. The first-order valence-electron chi connectivity index (χ1n) is 5.18. The Labute approximate surface area is 84.3 Å². The normalized spacial score (nSPS) is 21.5. The van der Waals surface area contributed by atoms with Crippen LogP contribution in [0, 0.1) is 19.7 Å². The molecule has 0 amide bonds. The first-order chi connectivity index (χ1) is 6.68. The zero-order valence-electron chi connectivity index (χ0n) is 8.73. The number of benzene rings is 1. The lowest BCUT2D eigenvalue weighted by atomic mass is 10.00. The van der Waals surface area contributed by atoms with Gasteiger partial charge in [-0.1, -0.05) is 12.1 Å². The van der Waals surface area contributed by atoms with Crippen molar-refractivity contribution in [3.05, 3.63) is 34.6 Å². The van der Waals surface area contributed by atoms with Gasteiger partial charge in [0, 0.05) is 6.04 Å². The van der Waals surface area contributed by atoms with Gasteiger partial charge in [0.1, 0.15) is 5.82 Å². The summed E-state index contributed by atoms with van der Waals surface area (Å²) in [4.78, 5) is 0. The topological polar surface area (TPSA) is 12.0 Å². The minimum atomic E-state index is -0.0632. The summed E-state index contributed by atoms with van der Waals surface area (Å²) < 4.78 is 13.4. The molecule has 0 aliphatic carbocycles. The van der Waals surface area contributed by atoms with Gasteiger partial charge in [-0.25, -0.2) is 4.39 Å². The predicted molar refractivity (Wildman–Crippen MR) is 55.9 cm³/mol. The summed E-state index contributed by atoms with van der Waals surface area (Å²) in [6, 6.07) is 4.37. The molecule has 1 fully saturated rings. The van der Waals surface area contributed by atoms with Crippen LogP contribution in [0.4, 0.5) is 4.39 Å². The zero-order valence-corrected chi connectivity index (χ0v) is 8.73. The molecule has 1 N–H and O–H groups in total. The fraction of sp³-hybridized carbons (Fsp3) is 0.500. The molecule has 76 valence electrons. The highest BCUT2D eigenvalue weighted by Gasteiger charge is 2.17. The number of aryl methyl sites for hydroxylation is 2. The average molecular weight is 193 g/mol. The fourth-order valence-electron chi connectivity index (χ4n) is 2.15. The van der Waals surface area contributed by atoms with Crippen LogP contribution in [0.5, 0.6) is 0 Å². The fourth-order valence-corrected chi connectivity index (χ4v) is 2.15. The van der Waals surface area contributed by atoms with Crippen LogP contribution in [0.2, 0.25) is 0 Å². The largest absolute Gasteiger partial charge is 0.310 e. The molecule has 1 heterocycles. The van der Waals surface area contributed by atoms with E-state index < -0.39 is 0 Å². The summed E-state index contributed by atoms with van der Waals surface area (Å²) in [5.41, 5.74) is 2.75. The number of nitrogens with one attached hydrogen (secondary N) is 1. The van der Waals surface area contributed by atoms with Crippen LogP contribution in [0.15, 0.2) is 12.1 Å². The summed E-state index contributed by atoms with van der Waals surface area (Å²) in [5.74, 6) is -0.0632. The van der Waals surface area contributed by atoms with Crippen molar-refractivity contribution in [2.75, 3.05) is 6.54 Å². The molecule has 1 atom stereocenters.